The average molecular weight is 253 g/mol. The average Bonchev–Trinajstić information content (AvgIpc) is 2.28. The second-order valence-corrected chi connectivity index (χ2v) is 3.87. The van der Waals surface area contributed by atoms with E-state index in [0.29, 0.717) is 17.2 Å². The predicted molar refractivity (Wildman–Crippen MR) is 65.9 cm³/mol. The summed E-state index contributed by atoms with van der Waals surface area (Å²) in [6.45, 7) is 1.85. The number of aromatic nitrogens is 2. The second-order valence-electron chi connectivity index (χ2n) is 3.53. The molecule has 4 nitrogen and oxygen atoms in total. The Bertz CT molecular complexity index is 510. The van der Waals surface area contributed by atoms with Gasteiger partial charge in [-0.05, 0) is 36.2 Å². The van der Waals surface area contributed by atoms with E-state index in [1.165, 1.54) is 18.3 Å². The van der Waals surface area contributed by atoms with Gasteiger partial charge in [-0.25, -0.2) is 9.37 Å². The van der Waals surface area contributed by atoms with Gasteiger partial charge in [-0.2, -0.15) is 4.98 Å². The molecule has 3 N–H and O–H groups in total. The maximum Gasteiger partial charge on any atom is 0.224 e. The van der Waals surface area contributed by atoms with E-state index in [-0.39, 0.29) is 11.1 Å². The van der Waals surface area contributed by atoms with Crippen LogP contribution in [0.25, 0.3) is 0 Å². The van der Waals surface area contributed by atoms with Crippen LogP contribution < -0.4 is 11.1 Å². The number of hydrogen-bond donors (Lipinski definition) is 2. The minimum absolute atomic E-state index is 0.0794. The minimum atomic E-state index is -0.336. The number of nitrogen functional groups attached to an aromatic ring is 1. The highest BCUT2D eigenvalue weighted by Crippen LogP contribution is 2.24. The molecule has 0 atom stereocenters. The lowest BCUT2D eigenvalue weighted by Crippen LogP contribution is -2.02. The van der Waals surface area contributed by atoms with E-state index in [1.54, 1.807) is 6.07 Å². The first-order chi connectivity index (χ1) is 8.06. The lowest BCUT2D eigenvalue weighted by molar-refractivity contribution is 0.628. The molecule has 0 unspecified atom stereocenters. The predicted octanol–water partition coefficient (Wildman–Crippen LogP) is 2.90. The lowest BCUT2D eigenvalue weighted by atomic mass is 10.2. The van der Waals surface area contributed by atoms with Gasteiger partial charge >= 0.3 is 0 Å². The number of aryl methyl sites for hydroxylation is 1. The van der Waals surface area contributed by atoms with Gasteiger partial charge in [0.1, 0.15) is 5.82 Å². The van der Waals surface area contributed by atoms with E-state index in [1.807, 2.05) is 6.92 Å². The maximum atomic E-state index is 13.1. The molecule has 88 valence electrons. The summed E-state index contributed by atoms with van der Waals surface area (Å²) in [4.78, 5) is 7.67. The summed E-state index contributed by atoms with van der Waals surface area (Å²) in [5.41, 5.74) is 7.50. The molecule has 1 aromatic heterocycles. The van der Waals surface area contributed by atoms with Gasteiger partial charge < -0.3 is 11.1 Å². The number of nitrogens with zero attached hydrogens (tertiary/aromatic N) is 2. The van der Waals surface area contributed by atoms with Gasteiger partial charge in [0.25, 0.3) is 0 Å². The zero-order valence-corrected chi connectivity index (χ0v) is 9.79. The summed E-state index contributed by atoms with van der Waals surface area (Å²) in [5, 5.41) is 3.00. The van der Waals surface area contributed by atoms with E-state index in [4.69, 9.17) is 17.3 Å². The van der Waals surface area contributed by atoms with Crippen molar-refractivity contribution in [1.82, 2.24) is 9.97 Å². The molecular weight excluding hydrogens is 243 g/mol. The first-order valence-electron chi connectivity index (χ1n) is 4.87. The first kappa shape index (κ1) is 11.6. The molecule has 0 saturated carbocycles. The van der Waals surface area contributed by atoms with Crippen molar-refractivity contribution in [1.29, 1.82) is 0 Å². The molecule has 6 heteroatoms. The van der Waals surface area contributed by atoms with E-state index in [2.05, 4.69) is 15.3 Å². The molecule has 1 aromatic carbocycles. The Hall–Kier alpha value is -1.88. The second kappa shape index (κ2) is 4.55. The highest BCUT2D eigenvalue weighted by molar-refractivity contribution is 6.28. The monoisotopic (exact) mass is 252 g/mol. The fourth-order valence-electron chi connectivity index (χ4n) is 1.33. The van der Waals surface area contributed by atoms with Crippen LogP contribution in [-0.4, -0.2) is 9.97 Å². The van der Waals surface area contributed by atoms with Crippen LogP contribution in [0.1, 0.15) is 5.56 Å². The largest absolute Gasteiger partial charge is 0.394 e. The van der Waals surface area contributed by atoms with E-state index in [9.17, 15) is 4.39 Å². The van der Waals surface area contributed by atoms with Crippen LogP contribution in [-0.2, 0) is 0 Å². The summed E-state index contributed by atoms with van der Waals surface area (Å²) in [7, 11) is 0. The van der Waals surface area contributed by atoms with E-state index < -0.39 is 0 Å². The fraction of sp³-hybridized carbons (Fsp3) is 0.0909. The van der Waals surface area contributed by atoms with Crippen molar-refractivity contribution in [3.63, 3.8) is 0 Å². The molecule has 2 aromatic rings. The Morgan fingerprint density at radius 1 is 1.41 bits per heavy atom. The van der Waals surface area contributed by atoms with Gasteiger partial charge in [0, 0.05) is 5.69 Å². The molecule has 0 saturated heterocycles. The first-order valence-corrected chi connectivity index (χ1v) is 5.25. The molecule has 17 heavy (non-hydrogen) atoms. The molecule has 0 fully saturated rings. The van der Waals surface area contributed by atoms with E-state index >= 15 is 0 Å². The highest BCUT2D eigenvalue weighted by atomic mass is 35.5. The summed E-state index contributed by atoms with van der Waals surface area (Å²) in [6, 6.07) is 4.41. The van der Waals surface area contributed by atoms with Crippen LogP contribution in [0.5, 0.6) is 0 Å². The maximum absolute atomic E-state index is 13.1. The number of rotatable bonds is 2. The van der Waals surface area contributed by atoms with Gasteiger partial charge in [0.05, 0.1) is 11.9 Å². The summed E-state index contributed by atoms with van der Waals surface area (Å²) in [6.07, 6.45) is 1.40. The summed E-state index contributed by atoms with van der Waals surface area (Å²) in [5.74, 6) is 0.0236. The number of halogens is 2. The number of nitrogens with two attached hydrogens (primary N) is 1. The van der Waals surface area contributed by atoms with Gasteiger partial charge in [-0.3, -0.25) is 0 Å². The molecule has 1 heterocycles. The number of hydrogen-bond acceptors (Lipinski definition) is 4. The van der Waals surface area contributed by atoms with Crippen molar-refractivity contribution >= 4 is 28.8 Å². The lowest BCUT2D eigenvalue weighted by Gasteiger charge is -2.10. The van der Waals surface area contributed by atoms with Crippen molar-refractivity contribution < 1.29 is 4.39 Å². The molecule has 0 amide bonds. The normalized spacial score (nSPS) is 10.3. The van der Waals surface area contributed by atoms with Gasteiger partial charge in [0.15, 0.2) is 5.82 Å². The zero-order valence-electron chi connectivity index (χ0n) is 9.04. The van der Waals surface area contributed by atoms with Crippen LogP contribution in [0.2, 0.25) is 5.28 Å². The number of benzene rings is 1. The van der Waals surface area contributed by atoms with Gasteiger partial charge in [-0.1, -0.05) is 6.07 Å². The Balaban J connectivity index is 2.37. The number of anilines is 3. The van der Waals surface area contributed by atoms with Crippen molar-refractivity contribution in [3.8, 4) is 0 Å². The topological polar surface area (TPSA) is 63.8 Å². The molecule has 0 bridgehead atoms. The van der Waals surface area contributed by atoms with Gasteiger partial charge in [0.2, 0.25) is 5.28 Å². The summed E-state index contributed by atoms with van der Waals surface area (Å²) >= 11 is 5.66. The third-order valence-corrected chi connectivity index (χ3v) is 2.42. The van der Waals surface area contributed by atoms with E-state index in [0.717, 1.165) is 5.56 Å². The Morgan fingerprint density at radius 3 is 2.94 bits per heavy atom. The SMILES string of the molecule is Cc1ccc(F)cc1Nc1nc(Cl)ncc1N. The van der Waals surface area contributed by atoms with Crippen LogP contribution in [0, 0.1) is 12.7 Å². The fourth-order valence-corrected chi connectivity index (χ4v) is 1.46. The molecule has 0 radical (unpaired) electrons. The Labute approximate surface area is 103 Å². The standard InChI is InChI=1S/C11H10ClFN4/c1-6-2-3-7(13)4-9(6)16-10-8(14)5-15-11(12)17-10/h2-5H,14H2,1H3,(H,15,16,17). The minimum Gasteiger partial charge on any atom is -0.394 e. The summed E-state index contributed by atoms with van der Waals surface area (Å²) < 4.78 is 13.1. The Morgan fingerprint density at radius 2 is 2.18 bits per heavy atom. The van der Waals surface area contributed by atoms with Crippen LogP contribution >= 0.6 is 11.6 Å². The molecule has 0 aliphatic rings. The quantitative estimate of drug-likeness (QED) is 0.807. The van der Waals surface area contributed by atoms with Gasteiger partial charge in [-0.15, -0.1) is 0 Å². The molecule has 0 aliphatic heterocycles. The smallest absolute Gasteiger partial charge is 0.224 e. The van der Waals surface area contributed by atoms with Crippen molar-refractivity contribution in [2.75, 3.05) is 11.1 Å². The van der Waals surface area contributed by atoms with Crippen LogP contribution in [0.4, 0.5) is 21.6 Å². The molecule has 0 aliphatic carbocycles. The molecule has 2 rings (SSSR count). The third kappa shape index (κ3) is 2.62. The molecule has 0 spiro atoms. The Kier molecular flexibility index (Phi) is 3.10. The number of nitrogens with one attached hydrogen (secondary N) is 1. The van der Waals surface area contributed by atoms with Crippen molar-refractivity contribution in [2.24, 2.45) is 0 Å². The van der Waals surface area contributed by atoms with Crippen LogP contribution in [0.15, 0.2) is 24.4 Å². The van der Waals surface area contributed by atoms with Crippen LogP contribution in [0.3, 0.4) is 0 Å². The molecular formula is C11H10ClFN4. The van der Waals surface area contributed by atoms with Crippen molar-refractivity contribution in [3.05, 3.63) is 41.1 Å². The third-order valence-electron chi connectivity index (χ3n) is 2.24. The highest BCUT2D eigenvalue weighted by Gasteiger charge is 2.06. The van der Waals surface area contributed by atoms with Crippen molar-refractivity contribution in [2.45, 2.75) is 6.92 Å². The zero-order chi connectivity index (χ0) is 12.4.